The van der Waals surface area contributed by atoms with E-state index < -0.39 is 0 Å². The number of hydrogen-bond acceptors (Lipinski definition) is 2. The van der Waals surface area contributed by atoms with Crippen LogP contribution in [-0.4, -0.2) is 37.1 Å². The molecule has 2 unspecified atom stereocenters. The molecule has 0 aliphatic carbocycles. The van der Waals surface area contributed by atoms with Crippen molar-refractivity contribution in [2.45, 2.75) is 65.5 Å². The molecule has 0 aromatic heterocycles. The Kier molecular flexibility index (Phi) is 9.12. The first-order chi connectivity index (χ1) is 7.13. The van der Waals surface area contributed by atoms with E-state index in [1.165, 1.54) is 32.2 Å². The summed E-state index contributed by atoms with van der Waals surface area (Å²) in [4.78, 5) is 2.48. The lowest BCUT2D eigenvalue weighted by atomic mass is 10.1. The highest BCUT2D eigenvalue weighted by atomic mass is 15.2. The van der Waals surface area contributed by atoms with Crippen molar-refractivity contribution in [3.05, 3.63) is 0 Å². The van der Waals surface area contributed by atoms with Gasteiger partial charge in [0.2, 0.25) is 0 Å². The molecule has 0 saturated carbocycles. The van der Waals surface area contributed by atoms with E-state index in [4.69, 9.17) is 0 Å². The average Bonchev–Trinajstić information content (AvgIpc) is 2.24. The molecule has 0 spiro atoms. The molecule has 0 aliphatic rings. The van der Waals surface area contributed by atoms with E-state index in [9.17, 15) is 0 Å². The third-order valence-corrected chi connectivity index (χ3v) is 3.25. The Hall–Kier alpha value is -0.0800. The van der Waals surface area contributed by atoms with Crippen molar-refractivity contribution in [1.82, 2.24) is 10.2 Å². The molecule has 0 rings (SSSR count). The first-order valence-electron chi connectivity index (χ1n) is 6.57. The van der Waals surface area contributed by atoms with Gasteiger partial charge in [-0.3, -0.25) is 0 Å². The van der Waals surface area contributed by atoms with Crippen molar-refractivity contribution in [3.8, 4) is 0 Å². The van der Waals surface area contributed by atoms with Crippen LogP contribution < -0.4 is 5.32 Å². The Labute approximate surface area is 96.4 Å². The van der Waals surface area contributed by atoms with Gasteiger partial charge in [0.25, 0.3) is 0 Å². The van der Waals surface area contributed by atoms with Crippen molar-refractivity contribution in [1.29, 1.82) is 0 Å². The Morgan fingerprint density at radius 1 is 1.07 bits per heavy atom. The lowest BCUT2D eigenvalue weighted by Gasteiger charge is -2.30. The molecule has 0 aromatic carbocycles. The molecule has 0 fully saturated rings. The maximum atomic E-state index is 3.56. The van der Waals surface area contributed by atoms with Crippen LogP contribution in [0.15, 0.2) is 0 Å². The SMILES string of the molecule is CCCCCN(C)C(C)C(C)NCCC. The molecule has 0 aromatic rings. The van der Waals surface area contributed by atoms with Gasteiger partial charge in [0.05, 0.1) is 0 Å². The van der Waals surface area contributed by atoms with Crippen LogP contribution >= 0.6 is 0 Å². The van der Waals surface area contributed by atoms with Crippen LogP contribution in [0.5, 0.6) is 0 Å². The minimum Gasteiger partial charge on any atom is -0.313 e. The van der Waals surface area contributed by atoms with E-state index in [1.54, 1.807) is 0 Å². The van der Waals surface area contributed by atoms with Crippen LogP contribution in [0.4, 0.5) is 0 Å². The van der Waals surface area contributed by atoms with Gasteiger partial charge in [0, 0.05) is 12.1 Å². The second-order valence-electron chi connectivity index (χ2n) is 4.67. The molecule has 0 aliphatic heterocycles. The van der Waals surface area contributed by atoms with Gasteiger partial charge in [-0.25, -0.2) is 0 Å². The fourth-order valence-electron chi connectivity index (χ4n) is 1.74. The minimum atomic E-state index is 0.594. The smallest absolute Gasteiger partial charge is 0.0215 e. The van der Waals surface area contributed by atoms with Crippen molar-refractivity contribution in [2.24, 2.45) is 0 Å². The zero-order chi connectivity index (χ0) is 11.7. The average molecular weight is 214 g/mol. The third-order valence-electron chi connectivity index (χ3n) is 3.25. The second kappa shape index (κ2) is 9.17. The summed E-state index contributed by atoms with van der Waals surface area (Å²) in [5.74, 6) is 0. The van der Waals surface area contributed by atoms with Crippen LogP contribution in [0.1, 0.15) is 53.4 Å². The lowest BCUT2D eigenvalue weighted by molar-refractivity contribution is 0.210. The summed E-state index contributed by atoms with van der Waals surface area (Å²) in [6.45, 7) is 11.4. The first-order valence-corrected chi connectivity index (χ1v) is 6.57. The maximum absolute atomic E-state index is 3.56. The minimum absolute atomic E-state index is 0.594. The van der Waals surface area contributed by atoms with Gasteiger partial charge in [0.1, 0.15) is 0 Å². The highest BCUT2D eigenvalue weighted by Crippen LogP contribution is 2.04. The van der Waals surface area contributed by atoms with Gasteiger partial charge in [-0.2, -0.15) is 0 Å². The largest absolute Gasteiger partial charge is 0.313 e. The molecule has 0 heterocycles. The third kappa shape index (κ3) is 6.91. The zero-order valence-corrected chi connectivity index (χ0v) is 11.3. The Bertz CT molecular complexity index is 136. The van der Waals surface area contributed by atoms with Crippen molar-refractivity contribution in [2.75, 3.05) is 20.1 Å². The molecule has 0 saturated heterocycles. The second-order valence-corrected chi connectivity index (χ2v) is 4.67. The van der Waals surface area contributed by atoms with Crippen molar-refractivity contribution < 1.29 is 0 Å². The fourth-order valence-corrected chi connectivity index (χ4v) is 1.74. The molecule has 15 heavy (non-hydrogen) atoms. The summed E-state index contributed by atoms with van der Waals surface area (Å²) in [5, 5.41) is 3.56. The summed E-state index contributed by atoms with van der Waals surface area (Å²) < 4.78 is 0. The van der Waals surface area contributed by atoms with Crippen LogP contribution in [0.3, 0.4) is 0 Å². The highest BCUT2D eigenvalue weighted by molar-refractivity contribution is 4.75. The standard InChI is InChI=1S/C13H30N2/c1-6-8-9-11-15(5)13(4)12(3)14-10-7-2/h12-14H,6-11H2,1-5H3. The zero-order valence-electron chi connectivity index (χ0n) is 11.3. The summed E-state index contributed by atoms with van der Waals surface area (Å²) >= 11 is 0. The van der Waals surface area contributed by atoms with Gasteiger partial charge in [-0.05, 0) is 46.8 Å². The normalized spacial score (nSPS) is 15.6. The molecule has 0 amide bonds. The van der Waals surface area contributed by atoms with E-state index >= 15 is 0 Å². The monoisotopic (exact) mass is 214 g/mol. The predicted molar refractivity (Wildman–Crippen MR) is 69.4 cm³/mol. The summed E-state index contributed by atoms with van der Waals surface area (Å²) in [7, 11) is 2.24. The van der Waals surface area contributed by atoms with Crippen molar-refractivity contribution in [3.63, 3.8) is 0 Å². The molecule has 92 valence electrons. The molecule has 2 nitrogen and oxygen atoms in total. The van der Waals surface area contributed by atoms with Gasteiger partial charge < -0.3 is 10.2 Å². The molecule has 2 heteroatoms. The Morgan fingerprint density at radius 3 is 2.27 bits per heavy atom. The van der Waals surface area contributed by atoms with E-state index in [2.05, 4.69) is 45.0 Å². The van der Waals surface area contributed by atoms with Gasteiger partial charge in [-0.1, -0.05) is 26.7 Å². The first kappa shape index (κ1) is 14.9. The van der Waals surface area contributed by atoms with Crippen LogP contribution in [0, 0.1) is 0 Å². The topological polar surface area (TPSA) is 15.3 Å². The molecule has 2 atom stereocenters. The molecule has 0 bridgehead atoms. The Morgan fingerprint density at radius 2 is 1.73 bits per heavy atom. The van der Waals surface area contributed by atoms with Crippen LogP contribution in [0.25, 0.3) is 0 Å². The molecular weight excluding hydrogens is 184 g/mol. The van der Waals surface area contributed by atoms with Gasteiger partial charge in [-0.15, -0.1) is 0 Å². The van der Waals surface area contributed by atoms with Gasteiger partial charge >= 0.3 is 0 Å². The molecular formula is C13H30N2. The van der Waals surface area contributed by atoms with Crippen LogP contribution in [-0.2, 0) is 0 Å². The highest BCUT2D eigenvalue weighted by Gasteiger charge is 2.15. The number of hydrogen-bond donors (Lipinski definition) is 1. The quantitative estimate of drug-likeness (QED) is 0.594. The van der Waals surface area contributed by atoms with E-state index in [1.807, 2.05) is 0 Å². The molecule has 0 radical (unpaired) electrons. The summed E-state index contributed by atoms with van der Waals surface area (Å²) in [6.07, 6.45) is 5.22. The summed E-state index contributed by atoms with van der Waals surface area (Å²) in [5.41, 5.74) is 0. The fraction of sp³-hybridized carbons (Fsp3) is 1.00. The predicted octanol–water partition coefficient (Wildman–Crippen LogP) is 2.89. The van der Waals surface area contributed by atoms with Gasteiger partial charge in [0.15, 0.2) is 0 Å². The number of unbranched alkanes of at least 4 members (excludes halogenated alkanes) is 2. The number of likely N-dealkylation sites (N-methyl/N-ethyl adjacent to an activating group) is 1. The van der Waals surface area contributed by atoms with E-state index in [0.717, 1.165) is 6.54 Å². The maximum Gasteiger partial charge on any atom is 0.0215 e. The lowest BCUT2D eigenvalue weighted by Crippen LogP contribution is -2.45. The number of nitrogens with one attached hydrogen (secondary N) is 1. The number of nitrogens with zero attached hydrogens (tertiary/aromatic N) is 1. The summed E-state index contributed by atoms with van der Waals surface area (Å²) in [6, 6.07) is 1.23. The van der Waals surface area contributed by atoms with E-state index in [-0.39, 0.29) is 0 Å². The van der Waals surface area contributed by atoms with Crippen molar-refractivity contribution >= 4 is 0 Å². The number of rotatable bonds is 9. The Balaban J connectivity index is 3.69. The van der Waals surface area contributed by atoms with E-state index in [0.29, 0.717) is 12.1 Å². The van der Waals surface area contributed by atoms with Crippen LogP contribution in [0.2, 0.25) is 0 Å². The molecule has 1 N–H and O–H groups in total.